The Labute approximate surface area is 121 Å². The summed E-state index contributed by atoms with van der Waals surface area (Å²) in [7, 11) is 0. The van der Waals surface area contributed by atoms with E-state index in [0.29, 0.717) is 5.69 Å². The van der Waals surface area contributed by atoms with E-state index in [9.17, 15) is 22.0 Å². The van der Waals surface area contributed by atoms with E-state index in [1.165, 1.54) is 0 Å². The predicted molar refractivity (Wildman–Crippen MR) is 72.5 cm³/mol. The molecule has 2 aromatic carbocycles. The second-order valence-corrected chi connectivity index (χ2v) is 4.30. The number of anilines is 2. The van der Waals surface area contributed by atoms with Crippen LogP contribution in [0.5, 0.6) is 0 Å². The van der Waals surface area contributed by atoms with Gasteiger partial charge in [0.1, 0.15) is 5.69 Å². The third-order valence-electron chi connectivity index (χ3n) is 2.48. The normalized spacial score (nSPS) is 10.3. The number of benzene rings is 2. The van der Waals surface area contributed by atoms with Gasteiger partial charge < -0.3 is 10.6 Å². The summed E-state index contributed by atoms with van der Waals surface area (Å²) in [5, 5.41) is 4.19. The van der Waals surface area contributed by atoms with E-state index < -0.39 is 34.8 Å². The largest absolute Gasteiger partial charge is 0.332 e. The van der Waals surface area contributed by atoms with E-state index in [4.69, 9.17) is 12.2 Å². The number of nitrogens with one attached hydrogen (secondary N) is 2. The van der Waals surface area contributed by atoms with Crippen LogP contribution in [0.4, 0.5) is 33.3 Å². The van der Waals surface area contributed by atoms with Crippen LogP contribution in [0.25, 0.3) is 0 Å². The summed E-state index contributed by atoms with van der Waals surface area (Å²) in [6.07, 6.45) is 0. The van der Waals surface area contributed by atoms with Crippen molar-refractivity contribution in [1.82, 2.24) is 0 Å². The molecular formula is C13H7F5N2S. The fourth-order valence-electron chi connectivity index (χ4n) is 1.51. The summed E-state index contributed by atoms with van der Waals surface area (Å²) in [5.41, 5.74) is -0.723. The lowest BCUT2D eigenvalue weighted by Crippen LogP contribution is -2.22. The number of thiocarbonyl (C=S) groups is 1. The van der Waals surface area contributed by atoms with Crippen LogP contribution in [0.15, 0.2) is 30.3 Å². The molecule has 0 aliphatic carbocycles. The van der Waals surface area contributed by atoms with Crippen LogP contribution in [0.1, 0.15) is 0 Å². The molecule has 0 amide bonds. The Balaban J connectivity index is 2.26. The van der Waals surface area contributed by atoms with Gasteiger partial charge in [0.05, 0.1) is 0 Å². The standard InChI is InChI=1S/C13H7F5N2S/c14-7-8(15)10(17)12(11(18)9(7)16)20-13(21)19-6-4-2-1-3-5-6/h1-5H,(H2,19,20,21). The summed E-state index contributed by atoms with van der Waals surface area (Å²) in [5.74, 6) is -10.3. The van der Waals surface area contributed by atoms with Gasteiger partial charge in [0.25, 0.3) is 0 Å². The van der Waals surface area contributed by atoms with E-state index in [1.54, 1.807) is 30.3 Å². The zero-order valence-electron chi connectivity index (χ0n) is 10.2. The van der Waals surface area contributed by atoms with Crippen molar-refractivity contribution in [2.24, 2.45) is 0 Å². The smallest absolute Gasteiger partial charge is 0.200 e. The van der Waals surface area contributed by atoms with Gasteiger partial charge in [0.2, 0.25) is 5.82 Å². The molecular weight excluding hydrogens is 311 g/mol. The molecule has 0 fully saturated rings. The monoisotopic (exact) mass is 318 g/mol. The van der Waals surface area contributed by atoms with Gasteiger partial charge in [-0.1, -0.05) is 18.2 Å². The third-order valence-corrected chi connectivity index (χ3v) is 2.68. The molecule has 2 nitrogen and oxygen atoms in total. The van der Waals surface area contributed by atoms with E-state index in [0.717, 1.165) is 0 Å². The zero-order valence-corrected chi connectivity index (χ0v) is 11.0. The molecule has 0 heterocycles. The fourth-order valence-corrected chi connectivity index (χ4v) is 1.73. The Kier molecular flexibility index (Phi) is 4.37. The van der Waals surface area contributed by atoms with Crippen LogP contribution in [-0.4, -0.2) is 5.11 Å². The molecule has 0 aliphatic heterocycles. The topological polar surface area (TPSA) is 24.1 Å². The van der Waals surface area contributed by atoms with Gasteiger partial charge in [-0.25, -0.2) is 22.0 Å². The molecule has 0 saturated carbocycles. The molecule has 21 heavy (non-hydrogen) atoms. The molecule has 2 N–H and O–H groups in total. The molecule has 2 rings (SSSR count). The average molecular weight is 318 g/mol. The van der Waals surface area contributed by atoms with Crippen molar-refractivity contribution in [3.05, 3.63) is 59.4 Å². The summed E-state index contributed by atoms with van der Waals surface area (Å²) >= 11 is 4.76. The Bertz CT molecular complexity index is 662. The predicted octanol–water partition coefficient (Wildman–Crippen LogP) is 4.19. The molecule has 110 valence electrons. The average Bonchev–Trinajstić information content (AvgIpc) is 2.48. The summed E-state index contributed by atoms with van der Waals surface area (Å²) < 4.78 is 65.8. The van der Waals surface area contributed by atoms with Gasteiger partial charge in [0, 0.05) is 5.69 Å². The van der Waals surface area contributed by atoms with Crippen molar-refractivity contribution in [1.29, 1.82) is 0 Å². The summed E-state index contributed by atoms with van der Waals surface area (Å²) in [6.45, 7) is 0. The first-order valence-electron chi connectivity index (χ1n) is 5.56. The Hall–Kier alpha value is -2.22. The molecule has 0 radical (unpaired) electrons. The molecule has 0 bridgehead atoms. The molecule has 0 unspecified atom stereocenters. The molecule has 0 atom stereocenters. The van der Waals surface area contributed by atoms with E-state index in [-0.39, 0.29) is 5.11 Å². The number of halogens is 5. The van der Waals surface area contributed by atoms with Crippen LogP contribution in [-0.2, 0) is 0 Å². The minimum Gasteiger partial charge on any atom is -0.332 e. The molecule has 0 aliphatic rings. The van der Waals surface area contributed by atoms with Crippen molar-refractivity contribution in [2.45, 2.75) is 0 Å². The lowest BCUT2D eigenvalue weighted by Gasteiger charge is -2.13. The van der Waals surface area contributed by atoms with Crippen LogP contribution in [0, 0.1) is 29.1 Å². The fraction of sp³-hybridized carbons (Fsp3) is 0. The van der Waals surface area contributed by atoms with Crippen molar-refractivity contribution in [3.8, 4) is 0 Å². The molecule has 0 aromatic heterocycles. The third kappa shape index (κ3) is 3.10. The SMILES string of the molecule is Fc1c(F)c(F)c(NC(=S)Nc2ccccc2)c(F)c1F. The first kappa shape index (κ1) is 15.2. The highest BCUT2D eigenvalue weighted by molar-refractivity contribution is 7.80. The maximum atomic E-state index is 13.4. The van der Waals surface area contributed by atoms with Gasteiger partial charge in [0.15, 0.2) is 28.4 Å². The molecule has 8 heteroatoms. The van der Waals surface area contributed by atoms with Crippen molar-refractivity contribution in [3.63, 3.8) is 0 Å². The van der Waals surface area contributed by atoms with Crippen molar-refractivity contribution < 1.29 is 22.0 Å². The van der Waals surface area contributed by atoms with Crippen LogP contribution < -0.4 is 10.6 Å². The minimum atomic E-state index is -2.22. The Morgan fingerprint density at radius 1 is 0.714 bits per heavy atom. The molecule has 2 aromatic rings. The van der Waals surface area contributed by atoms with Crippen LogP contribution in [0.2, 0.25) is 0 Å². The number of hydrogen-bond acceptors (Lipinski definition) is 1. The molecule has 0 saturated heterocycles. The maximum Gasteiger partial charge on any atom is 0.200 e. The highest BCUT2D eigenvalue weighted by atomic mass is 32.1. The molecule has 0 spiro atoms. The highest BCUT2D eigenvalue weighted by Crippen LogP contribution is 2.27. The van der Waals surface area contributed by atoms with Crippen LogP contribution >= 0.6 is 12.2 Å². The van der Waals surface area contributed by atoms with E-state index in [2.05, 4.69) is 5.32 Å². The summed E-state index contributed by atoms with van der Waals surface area (Å²) in [6, 6.07) is 8.28. The van der Waals surface area contributed by atoms with Crippen LogP contribution in [0.3, 0.4) is 0 Å². The van der Waals surface area contributed by atoms with E-state index >= 15 is 0 Å². The Morgan fingerprint density at radius 2 is 1.19 bits per heavy atom. The zero-order chi connectivity index (χ0) is 15.6. The van der Waals surface area contributed by atoms with Gasteiger partial charge in [-0.2, -0.15) is 0 Å². The van der Waals surface area contributed by atoms with Gasteiger partial charge >= 0.3 is 0 Å². The number of rotatable bonds is 2. The maximum absolute atomic E-state index is 13.4. The second kappa shape index (κ2) is 6.04. The number of para-hydroxylation sites is 1. The first-order valence-corrected chi connectivity index (χ1v) is 5.97. The summed E-state index contributed by atoms with van der Waals surface area (Å²) in [4.78, 5) is 0. The quantitative estimate of drug-likeness (QED) is 0.376. The van der Waals surface area contributed by atoms with E-state index in [1.807, 2.05) is 5.32 Å². The van der Waals surface area contributed by atoms with Gasteiger partial charge in [-0.15, -0.1) is 0 Å². The lowest BCUT2D eigenvalue weighted by atomic mass is 10.2. The first-order chi connectivity index (χ1) is 9.91. The number of hydrogen-bond donors (Lipinski definition) is 2. The van der Waals surface area contributed by atoms with Crippen molar-refractivity contribution in [2.75, 3.05) is 10.6 Å². The lowest BCUT2D eigenvalue weighted by molar-refractivity contribution is 0.382. The van der Waals surface area contributed by atoms with Crippen molar-refractivity contribution >= 4 is 28.7 Å². The van der Waals surface area contributed by atoms with Gasteiger partial charge in [-0.05, 0) is 24.4 Å². The highest BCUT2D eigenvalue weighted by Gasteiger charge is 2.26. The minimum absolute atomic E-state index is 0.315. The van der Waals surface area contributed by atoms with Gasteiger partial charge in [-0.3, -0.25) is 0 Å². The second-order valence-electron chi connectivity index (χ2n) is 3.89. The Morgan fingerprint density at radius 3 is 1.71 bits per heavy atom.